The summed E-state index contributed by atoms with van der Waals surface area (Å²) < 4.78 is 7.37. The lowest BCUT2D eigenvalue weighted by Crippen LogP contribution is -2.34. The first-order valence-electron chi connectivity index (χ1n) is 7.26. The molecule has 0 aliphatic heterocycles. The number of benzene rings is 1. The summed E-state index contributed by atoms with van der Waals surface area (Å²) in [5, 5.41) is 12.3. The van der Waals surface area contributed by atoms with Gasteiger partial charge in [0, 0.05) is 37.6 Å². The molecular weight excluding hydrogens is 280 g/mol. The zero-order valence-corrected chi connectivity index (χ0v) is 12.4. The van der Waals surface area contributed by atoms with Crippen molar-refractivity contribution in [2.45, 2.75) is 18.4 Å². The van der Waals surface area contributed by atoms with Gasteiger partial charge in [-0.05, 0) is 30.4 Å². The summed E-state index contributed by atoms with van der Waals surface area (Å²) in [5.74, 6) is 0. The van der Waals surface area contributed by atoms with E-state index in [1.807, 2.05) is 42.6 Å². The van der Waals surface area contributed by atoms with Gasteiger partial charge in [0.2, 0.25) is 0 Å². The van der Waals surface area contributed by atoms with Crippen molar-refractivity contribution >= 4 is 10.9 Å². The average Bonchev–Trinajstić information content (AvgIpc) is 2.98. The van der Waals surface area contributed by atoms with E-state index in [4.69, 9.17) is 4.74 Å². The Kier molecular flexibility index (Phi) is 3.81. The van der Waals surface area contributed by atoms with E-state index in [0.717, 1.165) is 10.9 Å². The fourth-order valence-corrected chi connectivity index (χ4v) is 3.09. The largest absolute Gasteiger partial charge is 0.385 e. The SMILES string of the molecule is COCCC1(n2ccc3ccccc32)C=C([N+](=O)[O-])C=CC1. The number of hydrogen-bond acceptors (Lipinski definition) is 3. The molecule has 5 heteroatoms. The molecule has 0 saturated heterocycles. The molecule has 1 heterocycles. The van der Waals surface area contributed by atoms with Crippen molar-refractivity contribution in [3.05, 3.63) is 70.6 Å². The Labute approximate surface area is 128 Å². The minimum Gasteiger partial charge on any atom is -0.385 e. The summed E-state index contributed by atoms with van der Waals surface area (Å²) >= 11 is 0. The van der Waals surface area contributed by atoms with Crippen molar-refractivity contribution in [2.75, 3.05) is 13.7 Å². The van der Waals surface area contributed by atoms with Gasteiger partial charge in [0.05, 0.1) is 10.5 Å². The normalized spacial score (nSPS) is 21.0. The third kappa shape index (κ3) is 2.44. The molecule has 1 atom stereocenters. The van der Waals surface area contributed by atoms with Gasteiger partial charge in [-0.1, -0.05) is 24.3 Å². The van der Waals surface area contributed by atoms with Gasteiger partial charge in [-0.15, -0.1) is 0 Å². The van der Waals surface area contributed by atoms with Crippen LogP contribution in [0.3, 0.4) is 0 Å². The number of nitrogens with zero attached hydrogens (tertiary/aromatic N) is 2. The maximum atomic E-state index is 11.2. The Morgan fingerprint density at radius 2 is 2.18 bits per heavy atom. The summed E-state index contributed by atoms with van der Waals surface area (Å²) in [6.45, 7) is 0.543. The van der Waals surface area contributed by atoms with Crippen LogP contribution in [0.15, 0.2) is 60.5 Å². The van der Waals surface area contributed by atoms with E-state index in [1.165, 1.54) is 0 Å². The Morgan fingerprint density at radius 3 is 2.95 bits per heavy atom. The lowest BCUT2D eigenvalue weighted by Gasteiger charge is -2.33. The number of para-hydroxylation sites is 1. The molecule has 114 valence electrons. The highest BCUT2D eigenvalue weighted by Crippen LogP contribution is 2.36. The minimum atomic E-state index is -0.462. The van der Waals surface area contributed by atoms with E-state index in [9.17, 15) is 10.1 Å². The van der Waals surface area contributed by atoms with Gasteiger partial charge in [0.25, 0.3) is 5.70 Å². The maximum Gasteiger partial charge on any atom is 0.267 e. The third-order valence-corrected chi connectivity index (χ3v) is 4.21. The average molecular weight is 298 g/mol. The van der Waals surface area contributed by atoms with Crippen molar-refractivity contribution in [3.63, 3.8) is 0 Å². The molecule has 3 rings (SSSR count). The molecule has 1 aromatic carbocycles. The van der Waals surface area contributed by atoms with Crippen LogP contribution in [-0.2, 0) is 10.3 Å². The molecule has 5 nitrogen and oxygen atoms in total. The molecule has 1 unspecified atom stereocenters. The molecule has 1 aliphatic rings. The lowest BCUT2D eigenvalue weighted by atomic mass is 9.86. The zero-order valence-electron chi connectivity index (χ0n) is 12.4. The second-order valence-corrected chi connectivity index (χ2v) is 5.52. The van der Waals surface area contributed by atoms with E-state index in [0.29, 0.717) is 19.4 Å². The van der Waals surface area contributed by atoms with Gasteiger partial charge in [-0.2, -0.15) is 0 Å². The Morgan fingerprint density at radius 1 is 1.36 bits per heavy atom. The second kappa shape index (κ2) is 5.77. The van der Waals surface area contributed by atoms with E-state index in [1.54, 1.807) is 19.3 Å². The first-order chi connectivity index (χ1) is 10.7. The molecule has 0 N–H and O–H groups in total. The van der Waals surface area contributed by atoms with Crippen LogP contribution in [0.2, 0.25) is 0 Å². The van der Waals surface area contributed by atoms with Crippen LogP contribution >= 0.6 is 0 Å². The lowest BCUT2D eigenvalue weighted by molar-refractivity contribution is -0.420. The molecule has 1 aliphatic carbocycles. The van der Waals surface area contributed by atoms with Gasteiger partial charge in [-0.3, -0.25) is 10.1 Å². The molecule has 1 aromatic heterocycles. The van der Waals surface area contributed by atoms with Gasteiger partial charge in [0.15, 0.2) is 0 Å². The monoisotopic (exact) mass is 298 g/mol. The van der Waals surface area contributed by atoms with Crippen LogP contribution in [0, 0.1) is 10.1 Å². The zero-order chi connectivity index (χ0) is 15.6. The van der Waals surface area contributed by atoms with Crippen molar-refractivity contribution in [1.29, 1.82) is 0 Å². The highest BCUT2D eigenvalue weighted by atomic mass is 16.6. The van der Waals surface area contributed by atoms with Crippen LogP contribution in [0.5, 0.6) is 0 Å². The summed E-state index contributed by atoms with van der Waals surface area (Å²) in [7, 11) is 1.65. The minimum absolute atomic E-state index is 0.139. The van der Waals surface area contributed by atoms with Crippen molar-refractivity contribution in [2.24, 2.45) is 0 Å². The van der Waals surface area contributed by atoms with Gasteiger partial charge in [-0.25, -0.2) is 0 Å². The maximum absolute atomic E-state index is 11.2. The van der Waals surface area contributed by atoms with Gasteiger partial charge >= 0.3 is 0 Å². The number of methoxy groups -OCH3 is 1. The molecule has 0 fully saturated rings. The summed E-state index contributed by atoms with van der Waals surface area (Å²) in [6, 6.07) is 10.1. The summed E-state index contributed by atoms with van der Waals surface area (Å²) in [4.78, 5) is 10.9. The van der Waals surface area contributed by atoms with Gasteiger partial charge in [0.1, 0.15) is 0 Å². The highest BCUT2D eigenvalue weighted by molar-refractivity contribution is 5.80. The second-order valence-electron chi connectivity index (χ2n) is 5.52. The smallest absolute Gasteiger partial charge is 0.267 e. The van der Waals surface area contributed by atoms with Crippen molar-refractivity contribution < 1.29 is 9.66 Å². The van der Waals surface area contributed by atoms with Crippen LogP contribution in [-0.4, -0.2) is 23.2 Å². The predicted octanol–water partition coefficient (Wildman–Crippen LogP) is 3.49. The topological polar surface area (TPSA) is 57.3 Å². The molecule has 22 heavy (non-hydrogen) atoms. The number of rotatable bonds is 5. The Hall–Kier alpha value is -2.40. The molecule has 2 aromatic rings. The van der Waals surface area contributed by atoms with Crippen LogP contribution < -0.4 is 0 Å². The molecule has 0 saturated carbocycles. The van der Waals surface area contributed by atoms with E-state index in [2.05, 4.69) is 4.57 Å². The number of allylic oxidation sites excluding steroid dienone is 3. The number of fused-ring (bicyclic) bond motifs is 1. The molecule has 0 spiro atoms. The molecule has 0 bridgehead atoms. The fourth-order valence-electron chi connectivity index (χ4n) is 3.09. The first kappa shape index (κ1) is 14.5. The number of nitro groups is 1. The number of hydrogen-bond donors (Lipinski definition) is 0. The van der Waals surface area contributed by atoms with E-state index < -0.39 is 5.54 Å². The summed E-state index contributed by atoms with van der Waals surface area (Å²) in [6.07, 6.45) is 8.63. The van der Waals surface area contributed by atoms with Crippen LogP contribution in [0.25, 0.3) is 10.9 Å². The first-order valence-corrected chi connectivity index (χ1v) is 7.26. The van der Waals surface area contributed by atoms with E-state index >= 15 is 0 Å². The van der Waals surface area contributed by atoms with E-state index in [-0.39, 0.29) is 10.6 Å². The molecule has 0 radical (unpaired) electrons. The number of ether oxygens (including phenoxy) is 1. The summed E-state index contributed by atoms with van der Waals surface area (Å²) in [5.41, 5.74) is 0.754. The third-order valence-electron chi connectivity index (χ3n) is 4.21. The fraction of sp³-hybridized carbons (Fsp3) is 0.294. The van der Waals surface area contributed by atoms with Crippen LogP contribution in [0.1, 0.15) is 12.8 Å². The van der Waals surface area contributed by atoms with Crippen LogP contribution in [0.4, 0.5) is 0 Å². The standard InChI is InChI=1S/C17H18N2O3/c1-22-12-10-17(9-4-6-15(13-17)19(20)21)18-11-8-14-5-2-3-7-16(14)18/h2-8,11,13H,9-10,12H2,1H3. The van der Waals surface area contributed by atoms with Gasteiger partial charge < -0.3 is 9.30 Å². The quantitative estimate of drug-likeness (QED) is 0.627. The Balaban J connectivity index is 2.14. The highest BCUT2D eigenvalue weighted by Gasteiger charge is 2.34. The number of aromatic nitrogens is 1. The van der Waals surface area contributed by atoms with Crippen molar-refractivity contribution in [3.8, 4) is 0 Å². The molecular formula is C17H18N2O3. The van der Waals surface area contributed by atoms with Crippen molar-refractivity contribution in [1.82, 2.24) is 4.57 Å². The Bertz CT molecular complexity index is 760. The predicted molar refractivity (Wildman–Crippen MR) is 85.2 cm³/mol. The molecule has 0 amide bonds.